The summed E-state index contributed by atoms with van der Waals surface area (Å²) >= 11 is 0. The summed E-state index contributed by atoms with van der Waals surface area (Å²) in [6.45, 7) is 13.2. The molecular formula is C14H30N2O. The summed E-state index contributed by atoms with van der Waals surface area (Å²) in [5.74, 6) is 0.722. The van der Waals surface area contributed by atoms with E-state index in [1.165, 1.54) is 25.8 Å². The van der Waals surface area contributed by atoms with Crippen molar-refractivity contribution in [3.8, 4) is 0 Å². The highest BCUT2D eigenvalue weighted by atomic mass is 16.5. The van der Waals surface area contributed by atoms with Gasteiger partial charge in [0.1, 0.15) is 0 Å². The Morgan fingerprint density at radius 3 is 2.88 bits per heavy atom. The lowest BCUT2D eigenvalue weighted by Gasteiger charge is -2.33. The largest absolute Gasteiger partial charge is 0.374 e. The van der Waals surface area contributed by atoms with Crippen LogP contribution in [0.25, 0.3) is 0 Å². The van der Waals surface area contributed by atoms with Crippen LogP contribution in [-0.4, -0.2) is 50.3 Å². The van der Waals surface area contributed by atoms with Crippen LogP contribution in [-0.2, 0) is 4.74 Å². The van der Waals surface area contributed by atoms with E-state index >= 15 is 0 Å². The minimum atomic E-state index is 0.393. The molecular weight excluding hydrogens is 212 g/mol. The number of nitrogens with one attached hydrogen (secondary N) is 1. The van der Waals surface area contributed by atoms with E-state index in [-0.39, 0.29) is 0 Å². The first-order chi connectivity index (χ1) is 8.22. The van der Waals surface area contributed by atoms with Crippen LogP contribution < -0.4 is 5.32 Å². The van der Waals surface area contributed by atoms with Gasteiger partial charge in [0.15, 0.2) is 0 Å². The van der Waals surface area contributed by atoms with Crippen molar-refractivity contribution in [3.05, 3.63) is 0 Å². The summed E-state index contributed by atoms with van der Waals surface area (Å²) in [6.07, 6.45) is 4.39. The quantitative estimate of drug-likeness (QED) is 0.660. The Bertz CT molecular complexity index is 185. The summed E-state index contributed by atoms with van der Waals surface area (Å²) < 4.78 is 5.79. The van der Waals surface area contributed by atoms with E-state index < -0.39 is 0 Å². The van der Waals surface area contributed by atoms with E-state index in [9.17, 15) is 0 Å². The van der Waals surface area contributed by atoms with Crippen molar-refractivity contribution in [2.45, 2.75) is 46.1 Å². The molecule has 1 atom stereocenters. The Morgan fingerprint density at radius 1 is 1.35 bits per heavy atom. The summed E-state index contributed by atoms with van der Waals surface area (Å²) in [7, 11) is 0. The minimum Gasteiger partial charge on any atom is -0.374 e. The van der Waals surface area contributed by atoms with Crippen LogP contribution >= 0.6 is 0 Å². The lowest BCUT2D eigenvalue weighted by molar-refractivity contribution is -0.0275. The fourth-order valence-electron chi connectivity index (χ4n) is 2.23. The molecule has 0 bridgehead atoms. The molecule has 1 aliphatic heterocycles. The first-order valence-corrected chi connectivity index (χ1v) is 7.27. The SMILES string of the molecule is CCCCCN1CCO[C@@H](CNCC(C)C)C1. The van der Waals surface area contributed by atoms with Gasteiger partial charge in [-0.1, -0.05) is 33.6 Å². The molecule has 1 rings (SSSR count). The molecule has 3 nitrogen and oxygen atoms in total. The third-order valence-electron chi connectivity index (χ3n) is 3.23. The maximum Gasteiger partial charge on any atom is 0.0826 e. The number of hydrogen-bond acceptors (Lipinski definition) is 3. The summed E-state index contributed by atoms with van der Waals surface area (Å²) in [5.41, 5.74) is 0. The number of hydrogen-bond donors (Lipinski definition) is 1. The predicted octanol–water partition coefficient (Wildman–Crippen LogP) is 2.12. The molecule has 3 heteroatoms. The number of unbranched alkanes of at least 4 members (excludes halogenated alkanes) is 2. The molecule has 0 aliphatic carbocycles. The predicted molar refractivity (Wildman–Crippen MR) is 73.4 cm³/mol. The van der Waals surface area contributed by atoms with Crippen molar-refractivity contribution < 1.29 is 4.74 Å². The molecule has 0 saturated carbocycles. The van der Waals surface area contributed by atoms with Gasteiger partial charge in [-0.3, -0.25) is 4.90 Å². The molecule has 0 amide bonds. The van der Waals surface area contributed by atoms with Gasteiger partial charge >= 0.3 is 0 Å². The Labute approximate surface area is 107 Å². The van der Waals surface area contributed by atoms with Crippen LogP contribution in [0.15, 0.2) is 0 Å². The maximum absolute atomic E-state index is 5.79. The van der Waals surface area contributed by atoms with Crippen LogP contribution in [0.2, 0.25) is 0 Å². The second-order valence-corrected chi connectivity index (χ2v) is 5.55. The summed E-state index contributed by atoms with van der Waals surface area (Å²) in [4.78, 5) is 2.56. The monoisotopic (exact) mass is 242 g/mol. The maximum atomic E-state index is 5.79. The first kappa shape index (κ1) is 14.9. The van der Waals surface area contributed by atoms with E-state index in [0.29, 0.717) is 6.10 Å². The van der Waals surface area contributed by atoms with E-state index in [2.05, 4.69) is 31.0 Å². The topological polar surface area (TPSA) is 24.5 Å². The van der Waals surface area contributed by atoms with Gasteiger partial charge < -0.3 is 10.1 Å². The van der Waals surface area contributed by atoms with Gasteiger partial charge in [0.05, 0.1) is 12.7 Å². The highest BCUT2D eigenvalue weighted by Crippen LogP contribution is 2.06. The standard InChI is InChI=1S/C14H30N2O/c1-4-5-6-7-16-8-9-17-14(12-16)11-15-10-13(2)3/h13-15H,4-12H2,1-3H3/t14-/m0/s1. The number of rotatable bonds is 8. The van der Waals surface area contributed by atoms with Gasteiger partial charge in [0.2, 0.25) is 0 Å². The average molecular weight is 242 g/mol. The molecule has 102 valence electrons. The highest BCUT2D eigenvalue weighted by molar-refractivity contribution is 4.73. The fraction of sp³-hybridized carbons (Fsp3) is 1.00. The van der Waals surface area contributed by atoms with Gasteiger partial charge in [-0.2, -0.15) is 0 Å². The van der Waals surface area contributed by atoms with Crippen LogP contribution in [0.4, 0.5) is 0 Å². The van der Waals surface area contributed by atoms with Crippen LogP contribution in [0, 0.1) is 5.92 Å². The Balaban J connectivity index is 2.10. The molecule has 0 unspecified atom stereocenters. The molecule has 1 saturated heterocycles. The van der Waals surface area contributed by atoms with E-state index in [1.807, 2.05) is 0 Å². The molecule has 0 aromatic rings. The number of nitrogens with zero attached hydrogens (tertiary/aromatic N) is 1. The average Bonchev–Trinajstić information content (AvgIpc) is 2.29. The number of morpholine rings is 1. The zero-order chi connectivity index (χ0) is 12.5. The van der Waals surface area contributed by atoms with Crippen molar-refractivity contribution in [3.63, 3.8) is 0 Å². The molecule has 0 spiro atoms. The second-order valence-electron chi connectivity index (χ2n) is 5.55. The van der Waals surface area contributed by atoms with Crippen molar-refractivity contribution in [2.24, 2.45) is 5.92 Å². The lowest BCUT2D eigenvalue weighted by atomic mass is 10.2. The van der Waals surface area contributed by atoms with Gasteiger partial charge in [-0.25, -0.2) is 0 Å². The Morgan fingerprint density at radius 2 is 2.18 bits per heavy atom. The minimum absolute atomic E-state index is 0.393. The van der Waals surface area contributed by atoms with Crippen molar-refractivity contribution in [2.75, 3.05) is 39.3 Å². The summed E-state index contributed by atoms with van der Waals surface area (Å²) in [5, 5.41) is 3.49. The second kappa shape index (κ2) is 8.90. The van der Waals surface area contributed by atoms with E-state index in [0.717, 1.165) is 38.7 Å². The van der Waals surface area contributed by atoms with Crippen molar-refractivity contribution in [1.82, 2.24) is 10.2 Å². The normalized spacial score (nSPS) is 22.2. The van der Waals surface area contributed by atoms with Gasteiger partial charge in [0, 0.05) is 19.6 Å². The molecule has 0 aromatic carbocycles. The third-order valence-corrected chi connectivity index (χ3v) is 3.23. The molecule has 17 heavy (non-hydrogen) atoms. The fourth-order valence-corrected chi connectivity index (χ4v) is 2.23. The lowest BCUT2D eigenvalue weighted by Crippen LogP contribution is -2.47. The van der Waals surface area contributed by atoms with Gasteiger partial charge in [-0.05, 0) is 25.4 Å². The van der Waals surface area contributed by atoms with E-state index in [4.69, 9.17) is 4.74 Å². The van der Waals surface area contributed by atoms with Gasteiger partial charge in [-0.15, -0.1) is 0 Å². The molecule has 0 aromatic heterocycles. The zero-order valence-electron chi connectivity index (χ0n) is 11.9. The number of ether oxygens (including phenoxy) is 1. The van der Waals surface area contributed by atoms with Crippen molar-refractivity contribution >= 4 is 0 Å². The van der Waals surface area contributed by atoms with Crippen molar-refractivity contribution in [1.29, 1.82) is 0 Å². The molecule has 1 N–H and O–H groups in total. The Kier molecular flexibility index (Phi) is 7.82. The smallest absolute Gasteiger partial charge is 0.0826 e. The van der Waals surface area contributed by atoms with Crippen LogP contribution in [0.5, 0.6) is 0 Å². The molecule has 1 aliphatic rings. The van der Waals surface area contributed by atoms with E-state index in [1.54, 1.807) is 0 Å². The molecule has 0 radical (unpaired) electrons. The highest BCUT2D eigenvalue weighted by Gasteiger charge is 2.19. The third kappa shape index (κ3) is 7.02. The van der Waals surface area contributed by atoms with Crippen LogP contribution in [0.1, 0.15) is 40.0 Å². The van der Waals surface area contributed by atoms with Crippen LogP contribution in [0.3, 0.4) is 0 Å². The molecule has 1 heterocycles. The first-order valence-electron chi connectivity index (χ1n) is 7.27. The molecule has 1 fully saturated rings. The summed E-state index contributed by atoms with van der Waals surface area (Å²) in [6, 6.07) is 0. The zero-order valence-corrected chi connectivity index (χ0v) is 11.9. The Hall–Kier alpha value is -0.120. The van der Waals surface area contributed by atoms with Gasteiger partial charge in [0.25, 0.3) is 0 Å².